The van der Waals surface area contributed by atoms with Crippen molar-refractivity contribution in [3.63, 3.8) is 0 Å². The number of anilines is 1. The molecule has 0 saturated heterocycles. The van der Waals surface area contributed by atoms with Crippen LogP contribution < -0.4 is 10.2 Å². The molecule has 160 valence electrons. The fraction of sp³-hybridized carbons (Fsp3) is 0.364. The summed E-state index contributed by atoms with van der Waals surface area (Å²) in [6.07, 6.45) is -0.527. The Morgan fingerprint density at radius 2 is 1.77 bits per heavy atom. The lowest BCUT2D eigenvalue weighted by molar-refractivity contribution is -0.131. The number of nitrogens with one attached hydrogen (secondary N) is 1. The van der Waals surface area contributed by atoms with Gasteiger partial charge in [-0.2, -0.15) is 0 Å². The van der Waals surface area contributed by atoms with Crippen molar-refractivity contribution in [2.75, 3.05) is 31.2 Å². The summed E-state index contributed by atoms with van der Waals surface area (Å²) >= 11 is 0. The van der Waals surface area contributed by atoms with E-state index in [4.69, 9.17) is 9.47 Å². The van der Waals surface area contributed by atoms with E-state index in [1.807, 2.05) is 20.8 Å². The van der Waals surface area contributed by atoms with Crippen LogP contribution in [0.25, 0.3) is 0 Å². The van der Waals surface area contributed by atoms with Crippen molar-refractivity contribution >= 4 is 28.3 Å². The van der Waals surface area contributed by atoms with Gasteiger partial charge < -0.3 is 19.7 Å². The van der Waals surface area contributed by atoms with Crippen molar-refractivity contribution in [1.82, 2.24) is 5.32 Å². The molecule has 0 spiro atoms. The number of fused-ring (bicyclic) bond motifs is 2. The van der Waals surface area contributed by atoms with Crippen LogP contribution in [0.2, 0.25) is 0 Å². The number of benzene rings is 2. The van der Waals surface area contributed by atoms with Gasteiger partial charge in [0, 0.05) is 25.3 Å². The number of hydrogen-bond acceptors (Lipinski definition) is 5. The summed E-state index contributed by atoms with van der Waals surface area (Å²) in [6.45, 7) is 7.09. The minimum absolute atomic E-state index is 0.200. The average Bonchev–Trinajstić information content (AvgIpc) is 2.85. The second-order valence-corrected chi connectivity index (χ2v) is 7.96. The fourth-order valence-electron chi connectivity index (χ4n) is 3.33. The van der Waals surface area contributed by atoms with E-state index < -0.39 is 17.1 Å². The van der Waals surface area contributed by atoms with Crippen LogP contribution in [0.3, 0.4) is 0 Å². The summed E-state index contributed by atoms with van der Waals surface area (Å²) in [5.41, 5.74) is 1.27. The number of amides is 2. The van der Waals surface area contributed by atoms with Crippen molar-refractivity contribution < 1.29 is 23.3 Å². The molecule has 2 amide bonds. The summed E-state index contributed by atoms with van der Waals surface area (Å²) in [5, 5.41) is 2.80. The summed E-state index contributed by atoms with van der Waals surface area (Å²) in [5.74, 6) is -0.552. The largest absolute Gasteiger partial charge is 0.351 e. The number of hydrogen-bond donors (Lipinski definition) is 1. The lowest BCUT2D eigenvalue weighted by Gasteiger charge is -2.22. The quantitative estimate of drug-likeness (QED) is 0.651. The Bertz CT molecular complexity index is 956. The van der Waals surface area contributed by atoms with Gasteiger partial charge in [0.25, 0.3) is 11.8 Å². The van der Waals surface area contributed by atoms with E-state index in [2.05, 4.69) is 5.32 Å². The first-order valence-electron chi connectivity index (χ1n) is 9.99. The number of rotatable bonds is 8. The molecule has 2 aromatic rings. The summed E-state index contributed by atoms with van der Waals surface area (Å²) in [6, 6.07) is 11.8. The van der Waals surface area contributed by atoms with Crippen LogP contribution in [0.5, 0.6) is 0 Å². The minimum Gasteiger partial charge on any atom is -0.351 e. The zero-order valence-corrected chi connectivity index (χ0v) is 18.2. The highest BCUT2D eigenvalue weighted by Gasteiger charge is 2.30. The monoisotopic (exact) mass is 430 g/mol. The maximum Gasteiger partial charge on any atom is 0.259 e. The molecular formula is C22H26N2O5S. The van der Waals surface area contributed by atoms with Crippen molar-refractivity contribution in [2.24, 2.45) is 0 Å². The molecule has 0 bridgehead atoms. The minimum atomic E-state index is -1.52. The van der Waals surface area contributed by atoms with Gasteiger partial charge in [0.2, 0.25) is 0 Å². The molecule has 1 heterocycles. The maximum absolute atomic E-state index is 13.2. The third-order valence-electron chi connectivity index (χ3n) is 4.72. The van der Waals surface area contributed by atoms with Crippen molar-refractivity contribution in [3.8, 4) is 0 Å². The van der Waals surface area contributed by atoms with Crippen molar-refractivity contribution in [1.29, 1.82) is 0 Å². The highest BCUT2D eigenvalue weighted by Crippen LogP contribution is 2.35. The Kier molecular flexibility index (Phi) is 7.36. The molecule has 7 nitrogen and oxygen atoms in total. The molecule has 1 aliphatic rings. The van der Waals surface area contributed by atoms with Gasteiger partial charge in [-0.1, -0.05) is 12.1 Å². The molecule has 0 fully saturated rings. The number of carbonyl (C=O) groups is 2. The van der Waals surface area contributed by atoms with E-state index in [1.54, 1.807) is 47.4 Å². The first kappa shape index (κ1) is 22.1. The van der Waals surface area contributed by atoms with Crippen LogP contribution in [-0.4, -0.2) is 48.6 Å². The SMILES string of the molecule is CCOC(CNC(=O)c1ccc2c(c1)N(CC)C(=O)c1ccccc1[S@]2=O)OCC. The summed E-state index contributed by atoms with van der Waals surface area (Å²) < 4.78 is 24.1. The number of ether oxygens (including phenoxy) is 2. The van der Waals surface area contributed by atoms with Crippen molar-refractivity contribution in [2.45, 2.75) is 36.9 Å². The third-order valence-corrected chi connectivity index (χ3v) is 6.22. The lowest BCUT2D eigenvalue weighted by Crippen LogP contribution is -2.35. The molecule has 0 radical (unpaired) electrons. The van der Waals surface area contributed by atoms with Crippen LogP contribution in [0.15, 0.2) is 52.3 Å². The van der Waals surface area contributed by atoms with Crippen LogP contribution in [0, 0.1) is 0 Å². The molecule has 1 atom stereocenters. The summed E-state index contributed by atoms with van der Waals surface area (Å²) in [7, 11) is -1.52. The Balaban J connectivity index is 1.91. The van der Waals surface area contributed by atoms with Gasteiger partial charge in [0.05, 0.1) is 38.4 Å². The van der Waals surface area contributed by atoms with Gasteiger partial charge in [0.1, 0.15) is 0 Å². The van der Waals surface area contributed by atoms with Crippen LogP contribution >= 0.6 is 0 Å². The predicted octanol–water partition coefficient (Wildman–Crippen LogP) is 2.96. The van der Waals surface area contributed by atoms with Gasteiger partial charge in [0.15, 0.2) is 6.29 Å². The topological polar surface area (TPSA) is 84.9 Å². The van der Waals surface area contributed by atoms with E-state index >= 15 is 0 Å². The zero-order chi connectivity index (χ0) is 21.7. The fourth-order valence-corrected chi connectivity index (χ4v) is 4.68. The Morgan fingerprint density at radius 1 is 1.07 bits per heavy atom. The van der Waals surface area contributed by atoms with Crippen LogP contribution in [0.4, 0.5) is 5.69 Å². The highest BCUT2D eigenvalue weighted by molar-refractivity contribution is 7.85. The molecule has 0 saturated carbocycles. The molecule has 1 aliphatic heterocycles. The van der Waals surface area contributed by atoms with E-state index in [-0.39, 0.29) is 18.4 Å². The normalized spacial score (nSPS) is 15.5. The summed E-state index contributed by atoms with van der Waals surface area (Å²) in [4.78, 5) is 28.3. The third kappa shape index (κ3) is 4.45. The zero-order valence-electron chi connectivity index (χ0n) is 17.3. The molecule has 0 aliphatic carbocycles. The molecule has 0 unspecified atom stereocenters. The van der Waals surface area contributed by atoms with E-state index in [1.165, 1.54) is 0 Å². The second kappa shape index (κ2) is 9.97. The predicted molar refractivity (Wildman–Crippen MR) is 114 cm³/mol. The smallest absolute Gasteiger partial charge is 0.259 e. The Morgan fingerprint density at radius 3 is 2.43 bits per heavy atom. The molecule has 1 N–H and O–H groups in total. The van der Waals surface area contributed by atoms with E-state index in [9.17, 15) is 13.8 Å². The molecule has 3 rings (SSSR count). The highest BCUT2D eigenvalue weighted by atomic mass is 32.2. The maximum atomic E-state index is 13.2. The Hall–Kier alpha value is -2.55. The van der Waals surface area contributed by atoms with Crippen molar-refractivity contribution in [3.05, 3.63) is 53.6 Å². The van der Waals surface area contributed by atoms with Gasteiger partial charge >= 0.3 is 0 Å². The van der Waals surface area contributed by atoms with E-state index in [0.717, 1.165) is 0 Å². The Labute approximate surface area is 178 Å². The lowest BCUT2D eigenvalue weighted by atomic mass is 10.1. The molecule has 30 heavy (non-hydrogen) atoms. The molecule has 8 heteroatoms. The average molecular weight is 431 g/mol. The standard InChI is InChI=1S/C22H26N2O5S/c1-4-24-17-13-15(21(25)23-14-20(28-5-2)29-6-3)11-12-19(17)30(27)18-10-8-7-9-16(18)22(24)26/h7-13,20H,4-6,14H2,1-3H3,(H,23,25)/t30-/m1/s1. The van der Waals surface area contributed by atoms with Gasteiger partial charge in [-0.15, -0.1) is 0 Å². The van der Waals surface area contributed by atoms with Crippen LogP contribution in [-0.2, 0) is 20.3 Å². The number of nitrogens with zero attached hydrogens (tertiary/aromatic N) is 1. The first-order chi connectivity index (χ1) is 14.5. The second-order valence-electron chi connectivity index (χ2n) is 6.55. The molecule has 2 aromatic carbocycles. The first-order valence-corrected chi connectivity index (χ1v) is 11.1. The van der Waals surface area contributed by atoms with Gasteiger partial charge in [-0.3, -0.25) is 9.59 Å². The molecular weight excluding hydrogens is 404 g/mol. The van der Waals surface area contributed by atoms with Crippen LogP contribution in [0.1, 0.15) is 41.5 Å². The van der Waals surface area contributed by atoms with Gasteiger partial charge in [-0.05, 0) is 51.1 Å². The number of carbonyl (C=O) groups excluding carboxylic acids is 2. The van der Waals surface area contributed by atoms with Gasteiger partial charge in [-0.25, -0.2) is 4.21 Å². The van der Waals surface area contributed by atoms with E-state index in [0.29, 0.717) is 46.4 Å². The molecule has 0 aromatic heterocycles.